The van der Waals surface area contributed by atoms with Crippen molar-refractivity contribution in [3.8, 4) is 0 Å². The molecule has 0 aromatic carbocycles. The quantitative estimate of drug-likeness (QED) is 0.550. The van der Waals surface area contributed by atoms with Crippen LogP contribution < -0.4 is 0 Å². The summed E-state index contributed by atoms with van der Waals surface area (Å²) in [6.07, 6.45) is -0.224. The molecule has 1 saturated heterocycles. The predicted octanol–water partition coefficient (Wildman–Crippen LogP) is -2.05. The molecule has 0 saturated carbocycles. The Morgan fingerprint density at radius 3 is 3.00 bits per heavy atom. The summed E-state index contributed by atoms with van der Waals surface area (Å²) in [5.41, 5.74) is 0. The Labute approximate surface area is 73.7 Å². The molecular weight excluding hydrogens is 174 g/mol. The van der Waals surface area contributed by atoms with Gasteiger partial charge in [-0.15, -0.1) is 10.2 Å². The summed E-state index contributed by atoms with van der Waals surface area (Å²) in [7, 11) is 0. The topological polar surface area (TPSA) is 95.0 Å². The number of hydrogen-bond acceptors (Lipinski definition) is 5. The van der Waals surface area contributed by atoms with Crippen LogP contribution in [-0.4, -0.2) is 55.7 Å². The van der Waals surface area contributed by atoms with Crippen molar-refractivity contribution in [2.75, 3.05) is 13.1 Å². The number of aromatic amines is 1. The summed E-state index contributed by atoms with van der Waals surface area (Å²) in [4.78, 5) is 12.9. The molecule has 1 aromatic heterocycles. The third kappa shape index (κ3) is 1.64. The Balaban J connectivity index is 1.86. The van der Waals surface area contributed by atoms with Crippen LogP contribution in [0.2, 0.25) is 0 Å². The highest BCUT2D eigenvalue weighted by molar-refractivity contribution is 5.78. The highest BCUT2D eigenvalue weighted by atomic mass is 16.3. The van der Waals surface area contributed by atoms with E-state index in [9.17, 15) is 4.79 Å². The maximum atomic E-state index is 11.3. The number of amides is 1. The number of β-amino-alcohol motifs (C(OH)–C–C–N with tert-alkyl or cyclic N) is 1. The van der Waals surface area contributed by atoms with Crippen LogP contribution in [0.4, 0.5) is 0 Å². The van der Waals surface area contributed by atoms with E-state index in [1.54, 1.807) is 4.90 Å². The molecular formula is C6H9N5O2. The van der Waals surface area contributed by atoms with Crippen molar-refractivity contribution in [1.29, 1.82) is 0 Å². The summed E-state index contributed by atoms with van der Waals surface area (Å²) in [6.45, 7) is 0.827. The van der Waals surface area contributed by atoms with E-state index in [1.165, 1.54) is 0 Å². The SMILES string of the molecule is O=C(Cc1nn[nH]n1)N1CC(O)C1. The summed E-state index contributed by atoms with van der Waals surface area (Å²) in [5.74, 6) is 0.304. The number of aliphatic hydroxyl groups is 1. The van der Waals surface area contributed by atoms with Gasteiger partial charge in [0.25, 0.3) is 0 Å². The Bertz CT molecular complexity index is 292. The fraction of sp³-hybridized carbons (Fsp3) is 0.667. The molecule has 2 N–H and O–H groups in total. The molecule has 7 heteroatoms. The van der Waals surface area contributed by atoms with E-state index < -0.39 is 0 Å². The zero-order valence-corrected chi connectivity index (χ0v) is 6.84. The van der Waals surface area contributed by atoms with Gasteiger partial charge in [-0.25, -0.2) is 0 Å². The minimum absolute atomic E-state index is 0.0771. The van der Waals surface area contributed by atoms with Gasteiger partial charge in [0.1, 0.15) is 0 Å². The molecule has 1 fully saturated rings. The van der Waals surface area contributed by atoms with Gasteiger partial charge < -0.3 is 10.0 Å². The molecule has 1 aliphatic heterocycles. The normalized spacial score (nSPS) is 17.2. The minimum Gasteiger partial charge on any atom is -0.389 e. The number of H-pyrrole nitrogens is 1. The average Bonchev–Trinajstić information content (AvgIpc) is 2.51. The number of nitrogens with one attached hydrogen (secondary N) is 1. The van der Waals surface area contributed by atoms with Crippen molar-refractivity contribution in [3.63, 3.8) is 0 Å². The fourth-order valence-corrected chi connectivity index (χ4v) is 1.16. The van der Waals surface area contributed by atoms with Crippen LogP contribution in [0.5, 0.6) is 0 Å². The van der Waals surface area contributed by atoms with Gasteiger partial charge in [-0.2, -0.15) is 5.21 Å². The lowest BCUT2D eigenvalue weighted by Gasteiger charge is -2.35. The van der Waals surface area contributed by atoms with Crippen molar-refractivity contribution in [3.05, 3.63) is 5.82 Å². The molecule has 0 unspecified atom stereocenters. The summed E-state index contributed by atoms with van der Waals surface area (Å²) >= 11 is 0. The van der Waals surface area contributed by atoms with E-state index >= 15 is 0 Å². The molecule has 13 heavy (non-hydrogen) atoms. The van der Waals surface area contributed by atoms with Crippen molar-refractivity contribution in [2.24, 2.45) is 0 Å². The number of carbonyl (C=O) groups excluding carboxylic acids is 1. The maximum Gasteiger partial charge on any atom is 0.230 e. The number of rotatable bonds is 2. The lowest BCUT2D eigenvalue weighted by molar-refractivity contribution is -0.140. The third-order valence-electron chi connectivity index (χ3n) is 1.91. The number of nitrogens with zero attached hydrogens (tertiary/aromatic N) is 4. The second kappa shape index (κ2) is 3.09. The van der Waals surface area contributed by atoms with E-state index in [2.05, 4.69) is 20.6 Å². The van der Waals surface area contributed by atoms with Crippen LogP contribution in [0.3, 0.4) is 0 Å². The van der Waals surface area contributed by atoms with Crippen molar-refractivity contribution < 1.29 is 9.90 Å². The molecule has 0 radical (unpaired) electrons. The minimum atomic E-state index is -0.366. The number of hydrogen-bond donors (Lipinski definition) is 2. The van der Waals surface area contributed by atoms with Gasteiger partial charge in [0, 0.05) is 13.1 Å². The first kappa shape index (κ1) is 8.11. The summed E-state index contributed by atoms with van der Waals surface area (Å²) < 4.78 is 0. The van der Waals surface area contributed by atoms with Gasteiger partial charge in [-0.1, -0.05) is 5.21 Å². The molecule has 0 spiro atoms. The zero-order chi connectivity index (χ0) is 9.26. The van der Waals surface area contributed by atoms with Crippen molar-refractivity contribution >= 4 is 5.91 Å². The van der Waals surface area contributed by atoms with E-state index in [0.717, 1.165) is 0 Å². The Kier molecular flexibility index (Phi) is 1.93. The van der Waals surface area contributed by atoms with Gasteiger partial charge in [0.15, 0.2) is 5.82 Å². The molecule has 1 aromatic rings. The number of carbonyl (C=O) groups is 1. The van der Waals surface area contributed by atoms with Crippen LogP contribution in [-0.2, 0) is 11.2 Å². The highest BCUT2D eigenvalue weighted by Crippen LogP contribution is 2.08. The number of aliphatic hydroxyl groups excluding tert-OH is 1. The molecule has 1 amide bonds. The Hall–Kier alpha value is -1.50. The smallest absolute Gasteiger partial charge is 0.230 e. The van der Waals surface area contributed by atoms with E-state index in [0.29, 0.717) is 18.9 Å². The predicted molar refractivity (Wildman–Crippen MR) is 40.5 cm³/mol. The van der Waals surface area contributed by atoms with Gasteiger partial charge in [0.05, 0.1) is 12.5 Å². The Morgan fingerprint density at radius 2 is 2.46 bits per heavy atom. The lowest BCUT2D eigenvalue weighted by atomic mass is 10.1. The molecule has 1 aliphatic rings. The molecule has 70 valence electrons. The monoisotopic (exact) mass is 183 g/mol. The second-order valence-corrected chi connectivity index (χ2v) is 2.96. The molecule has 0 aliphatic carbocycles. The Morgan fingerprint density at radius 1 is 1.69 bits per heavy atom. The number of tetrazole rings is 1. The summed E-state index contributed by atoms with van der Waals surface area (Å²) in [5, 5.41) is 21.9. The van der Waals surface area contributed by atoms with E-state index in [4.69, 9.17) is 5.11 Å². The molecule has 2 heterocycles. The van der Waals surface area contributed by atoms with Crippen molar-refractivity contribution in [2.45, 2.75) is 12.5 Å². The first-order chi connectivity index (χ1) is 6.25. The zero-order valence-electron chi connectivity index (χ0n) is 6.84. The average molecular weight is 183 g/mol. The first-order valence-corrected chi connectivity index (χ1v) is 3.94. The van der Waals surface area contributed by atoms with Gasteiger partial charge in [0.2, 0.25) is 5.91 Å². The molecule has 7 nitrogen and oxygen atoms in total. The van der Waals surface area contributed by atoms with Gasteiger partial charge in [-0.3, -0.25) is 4.79 Å². The fourth-order valence-electron chi connectivity index (χ4n) is 1.16. The lowest BCUT2D eigenvalue weighted by Crippen LogP contribution is -2.54. The maximum absolute atomic E-state index is 11.3. The van der Waals surface area contributed by atoms with Gasteiger partial charge in [-0.05, 0) is 0 Å². The largest absolute Gasteiger partial charge is 0.389 e. The standard InChI is InChI=1S/C6H9N5O2/c12-4-2-11(3-4)6(13)1-5-7-9-10-8-5/h4,12H,1-3H2,(H,7,8,9,10). The summed E-state index contributed by atoms with van der Waals surface area (Å²) in [6, 6.07) is 0. The van der Waals surface area contributed by atoms with Crippen LogP contribution in [0.15, 0.2) is 0 Å². The first-order valence-electron chi connectivity index (χ1n) is 3.94. The molecule has 0 atom stereocenters. The van der Waals surface area contributed by atoms with E-state index in [-0.39, 0.29) is 18.4 Å². The van der Waals surface area contributed by atoms with Crippen LogP contribution in [0.1, 0.15) is 5.82 Å². The van der Waals surface area contributed by atoms with Crippen LogP contribution in [0, 0.1) is 0 Å². The third-order valence-corrected chi connectivity index (χ3v) is 1.91. The van der Waals surface area contributed by atoms with E-state index in [1.807, 2.05) is 0 Å². The molecule has 0 bridgehead atoms. The molecule has 2 rings (SSSR count). The van der Waals surface area contributed by atoms with Crippen LogP contribution in [0.25, 0.3) is 0 Å². The van der Waals surface area contributed by atoms with Crippen molar-refractivity contribution in [1.82, 2.24) is 25.5 Å². The number of likely N-dealkylation sites (tertiary alicyclic amines) is 1. The number of aromatic nitrogens is 4. The van der Waals surface area contributed by atoms with Crippen LogP contribution >= 0.6 is 0 Å². The van der Waals surface area contributed by atoms with Gasteiger partial charge >= 0.3 is 0 Å². The second-order valence-electron chi connectivity index (χ2n) is 2.96. The highest BCUT2D eigenvalue weighted by Gasteiger charge is 2.29.